The van der Waals surface area contributed by atoms with Crippen LogP contribution in [0.5, 0.6) is 0 Å². The number of benzene rings is 1. The van der Waals surface area contributed by atoms with Crippen LogP contribution in [0.3, 0.4) is 0 Å². The molecule has 1 aliphatic heterocycles. The fraction of sp³-hybridized carbons (Fsp3) is 0.391. The molecule has 1 spiro atoms. The van der Waals surface area contributed by atoms with Crippen LogP contribution >= 0.6 is 23.2 Å². The molecule has 0 amide bonds. The summed E-state index contributed by atoms with van der Waals surface area (Å²) < 4.78 is 29.8. The van der Waals surface area contributed by atoms with Crippen LogP contribution in [0.4, 0.5) is 14.5 Å². The van der Waals surface area contributed by atoms with E-state index in [4.69, 9.17) is 28.2 Å². The van der Waals surface area contributed by atoms with Gasteiger partial charge in [-0.3, -0.25) is 9.36 Å². The van der Waals surface area contributed by atoms with Crippen molar-refractivity contribution in [2.24, 2.45) is 0 Å². The number of aromatic carboxylic acids is 1. The van der Waals surface area contributed by atoms with Crippen molar-refractivity contribution in [3.63, 3.8) is 0 Å². The van der Waals surface area contributed by atoms with Gasteiger partial charge in [-0.1, -0.05) is 23.2 Å². The third-order valence-corrected chi connectivity index (χ3v) is 7.24. The van der Waals surface area contributed by atoms with E-state index in [0.29, 0.717) is 34.9 Å². The Labute approximate surface area is 202 Å². The Morgan fingerprint density at radius 3 is 2.65 bits per heavy atom. The van der Waals surface area contributed by atoms with Crippen LogP contribution < -0.4 is 10.9 Å². The molecule has 1 aromatic carbocycles. The molecule has 3 heterocycles. The Morgan fingerprint density at radius 2 is 1.97 bits per heavy atom. The van der Waals surface area contributed by atoms with Gasteiger partial charge in [0, 0.05) is 35.4 Å². The highest BCUT2D eigenvalue weighted by molar-refractivity contribution is 6.31. The molecule has 2 atom stereocenters. The molecule has 1 fully saturated rings. The molecule has 7 nitrogen and oxygen atoms in total. The van der Waals surface area contributed by atoms with Crippen LogP contribution in [0.25, 0.3) is 10.9 Å². The maximum Gasteiger partial charge on any atom is 0.356 e. The molecule has 3 aromatic rings. The Bertz CT molecular complexity index is 1410. The van der Waals surface area contributed by atoms with E-state index in [1.54, 1.807) is 13.0 Å². The second kappa shape index (κ2) is 7.88. The lowest BCUT2D eigenvalue weighted by Crippen LogP contribution is -2.28. The minimum absolute atomic E-state index is 0.0349. The van der Waals surface area contributed by atoms with Gasteiger partial charge in [0.2, 0.25) is 5.92 Å². The number of carboxylic acids is 1. The summed E-state index contributed by atoms with van der Waals surface area (Å²) in [6.07, 6.45) is 0.157. The molecule has 0 radical (unpaired) electrons. The van der Waals surface area contributed by atoms with Gasteiger partial charge in [-0.2, -0.15) is 0 Å². The number of pyridine rings is 1. The van der Waals surface area contributed by atoms with Gasteiger partial charge < -0.3 is 10.4 Å². The summed E-state index contributed by atoms with van der Waals surface area (Å²) in [5.41, 5.74) is -0.283. The molecule has 2 aromatic heterocycles. The molecular formula is C23H20Cl2F2N4O3. The molecule has 1 aliphatic carbocycles. The number of alkyl halides is 2. The summed E-state index contributed by atoms with van der Waals surface area (Å²) in [6.45, 7) is 2.10. The molecule has 178 valence electrons. The monoisotopic (exact) mass is 508 g/mol. The summed E-state index contributed by atoms with van der Waals surface area (Å²) in [4.78, 5) is 33.6. The average molecular weight is 509 g/mol. The number of anilines is 1. The molecule has 2 N–H and O–H groups in total. The van der Waals surface area contributed by atoms with E-state index in [1.165, 1.54) is 22.8 Å². The molecule has 1 saturated carbocycles. The van der Waals surface area contributed by atoms with E-state index < -0.39 is 23.3 Å². The molecule has 34 heavy (non-hydrogen) atoms. The quantitative estimate of drug-likeness (QED) is 0.456. The standard InChI is InChI=1S/C23H20Cl2F2N4O3/c1-11(28-15-2-3-16(25)29-18(15)20(33)34)13-8-12(24)9-14-17(13)30-21-22(4-5-23(26,27)10-22)6-7-31(21)19(14)32/h2-3,8-9,11,28H,4-7,10H2,1H3,(H,33,34)/t11-,22-/m1/s1. The number of fused-ring (bicyclic) bond motifs is 3. The lowest BCUT2D eigenvalue weighted by Gasteiger charge is -2.24. The SMILES string of the molecule is C[C@@H](Nc1ccc(Cl)nc1C(=O)O)c1cc(Cl)cc2c(=O)n3c(nc12)[C@@]1(CC3)CCC(F)(F)C1. The molecule has 5 rings (SSSR count). The first-order valence-electron chi connectivity index (χ1n) is 10.8. The van der Waals surface area contributed by atoms with Gasteiger partial charge in [0.1, 0.15) is 11.0 Å². The zero-order valence-electron chi connectivity index (χ0n) is 18.0. The summed E-state index contributed by atoms with van der Waals surface area (Å²) in [5, 5.41) is 13.2. The van der Waals surface area contributed by atoms with E-state index in [0.717, 1.165) is 0 Å². The van der Waals surface area contributed by atoms with Gasteiger partial charge in [-0.15, -0.1) is 0 Å². The number of carboxylic acid groups (broad SMARTS) is 1. The minimum atomic E-state index is -2.78. The van der Waals surface area contributed by atoms with Crippen molar-refractivity contribution >= 4 is 45.8 Å². The predicted molar refractivity (Wildman–Crippen MR) is 124 cm³/mol. The highest BCUT2D eigenvalue weighted by Crippen LogP contribution is 2.53. The fourth-order valence-corrected chi connectivity index (χ4v) is 5.59. The largest absolute Gasteiger partial charge is 0.476 e. The third-order valence-electron chi connectivity index (χ3n) is 6.81. The van der Waals surface area contributed by atoms with Gasteiger partial charge in [-0.25, -0.2) is 23.5 Å². The lowest BCUT2D eigenvalue weighted by molar-refractivity contribution is 0.00241. The summed E-state index contributed by atoms with van der Waals surface area (Å²) >= 11 is 12.2. The topological polar surface area (TPSA) is 97.1 Å². The van der Waals surface area contributed by atoms with Crippen LogP contribution in [-0.2, 0) is 12.0 Å². The molecule has 2 aliphatic rings. The normalized spacial score (nSPS) is 21.7. The highest BCUT2D eigenvalue weighted by atomic mass is 35.5. The average Bonchev–Trinajstić information content (AvgIpc) is 3.28. The zero-order chi connectivity index (χ0) is 24.4. The van der Waals surface area contributed by atoms with Gasteiger partial charge in [0.15, 0.2) is 5.69 Å². The van der Waals surface area contributed by atoms with Crippen molar-refractivity contribution in [1.82, 2.24) is 14.5 Å². The maximum absolute atomic E-state index is 14.2. The number of hydrogen-bond acceptors (Lipinski definition) is 5. The van der Waals surface area contributed by atoms with Crippen LogP contribution in [-0.4, -0.2) is 31.5 Å². The van der Waals surface area contributed by atoms with Crippen molar-refractivity contribution in [2.45, 2.75) is 56.5 Å². The summed E-state index contributed by atoms with van der Waals surface area (Å²) in [7, 11) is 0. The molecule has 11 heteroatoms. The summed E-state index contributed by atoms with van der Waals surface area (Å²) in [5.74, 6) is -3.65. The smallest absolute Gasteiger partial charge is 0.356 e. The number of halogens is 4. The van der Waals surface area contributed by atoms with Crippen molar-refractivity contribution in [3.8, 4) is 0 Å². The highest BCUT2D eigenvalue weighted by Gasteiger charge is 2.54. The molecular weight excluding hydrogens is 489 g/mol. The third kappa shape index (κ3) is 3.71. The Kier molecular flexibility index (Phi) is 5.33. The first kappa shape index (κ1) is 23.0. The van der Waals surface area contributed by atoms with Gasteiger partial charge in [0.25, 0.3) is 5.56 Å². The van der Waals surface area contributed by atoms with E-state index >= 15 is 0 Å². The van der Waals surface area contributed by atoms with Crippen LogP contribution in [0, 0.1) is 0 Å². The zero-order valence-corrected chi connectivity index (χ0v) is 19.6. The van der Waals surface area contributed by atoms with Crippen LogP contribution in [0.1, 0.15) is 60.5 Å². The second-order valence-corrected chi connectivity index (χ2v) is 9.87. The van der Waals surface area contributed by atoms with E-state index in [2.05, 4.69) is 10.3 Å². The van der Waals surface area contributed by atoms with Gasteiger partial charge in [-0.05, 0) is 44.0 Å². The first-order valence-corrected chi connectivity index (χ1v) is 11.5. The lowest BCUT2D eigenvalue weighted by atomic mass is 9.84. The van der Waals surface area contributed by atoms with E-state index in [1.807, 2.05) is 0 Å². The number of aromatic nitrogens is 3. The number of nitrogens with zero attached hydrogens (tertiary/aromatic N) is 3. The van der Waals surface area contributed by atoms with Crippen LogP contribution in [0.15, 0.2) is 29.1 Å². The number of nitrogens with one attached hydrogen (secondary N) is 1. The fourth-order valence-electron chi connectivity index (χ4n) is 5.22. The van der Waals surface area contributed by atoms with Crippen LogP contribution in [0.2, 0.25) is 10.2 Å². The predicted octanol–water partition coefficient (Wildman–Crippen LogP) is 5.43. The Balaban J connectivity index is 1.64. The number of carbonyl (C=O) groups is 1. The van der Waals surface area contributed by atoms with Crippen molar-refractivity contribution in [3.05, 3.63) is 61.9 Å². The Morgan fingerprint density at radius 1 is 1.21 bits per heavy atom. The van der Waals surface area contributed by atoms with E-state index in [9.17, 15) is 23.5 Å². The number of hydrogen-bond donors (Lipinski definition) is 2. The van der Waals surface area contributed by atoms with Crippen molar-refractivity contribution in [1.29, 1.82) is 0 Å². The molecule has 0 saturated heterocycles. The van der Waals surface area contributed by atoms with Crippen molar-refractivity contribution < 1.29 is 18.7 Å². The Hall–Kier alpha value is -2.78. The first-order chi connectivity index (χ1) is 16.0. The second-order valence-electron chi connectivity index (χ2n) is 9.05. The van der Waals surface area contributed by atoms with Gasteiger partial charge in [0.05, 0.1) is 22.6 Å². The number of rotatable bonds is 4. The van der Waals surface area contributed by atoms with Crippen molar-refractivity contribution in [2.75, 3.05) is 5.32 Å². The maximum atomic E-state index is 14.2. The molecule has 0 unspecified atom stereocenters. The van der Waals surface area contributed by atoms with E-state index in [-0.39, 0.29) is 46.7 Å². The van der Waals surface area contributed by atoms with Gasteiger partial charge >= 0.3 is 5.97 Å². The molecule has 0 bridgehead atoms. The minimum Gasteiger partial charge on any atom is -0.476 e. The summed E-state index contributed by atoms with van der Waals surface area (Å²) in [6, 6.07) is 5.58.